The van der Waals surface area contributed by atoms with Gasteiger partial charge >= 0.3 is 5.97 Å². The summed E-state index contributed by atoms with van der Waals surface area (Å²) in [4.78, 5) is 40.0. The SMILES string of the molecule is CC1(C)SC[C@@H](C(=O)N2CCC[C@@H]2C(=O)OC2CCCCC2)N1C=O. The van der Waals surface area contributed by atoms with Gasteiger partial charge in [0.2, 0.25) is 12.3 Å². The molecular formula is C18H28N2O4S. The van der Waals surface area contributed by atoms with Crippen LogP contribution in [0.25, 0.3) is 0 Å². The molecule has 140 valence electrons. The number of nitrogens with zero attached hydrogens (tertiary/aromatic N) is 2. The van der Waals surface area contributed by atoms with Gasteiger partial charge in [0.1, 0.15) is 18.2 Å². The van der Waals surface area contributed by atoms with Gasteiger partial charge in [-0.15, -0.1) is 11.8 Å². The molecule has 0 aromatic rings. The third-order valence-corrected chi connectivity index (χ3v) is 6.99. The number of carbonyl (C=O) groups excluding carboxylic acids is 3. The largest absolute Gasteiger partial charge is 0.461 e. The lowest BCUT2D eigenvalue weighted by molar-refractivity contribution is -0.160. The molecule has 1 aliphatic carbocycles. The molecule has 0 N–H and O–H groups in total. The lowest BCUT2D eigenvalue weighted by Gasteiger charge is -2.34. The Balaban J connectivity index is 1.65. The molecule has 7 heteroatoms. The summed E-state index contributed by atoms with van der Waals surface area (Å²) >= 11 is 1.60. The zero-order chi connectivity index (χ0) is 18.0. The number of carbonyl (C=O) groups is 3. The number of thioether (sulfide) groups is 1. The van der Waals surface area contributed by atoms with Crippen LogP contribution in [-0.2, 0) is 19.1 Å². The number of likely N-dealkylation sites (tertiary alicyclic amines) is 1. The molecule has 6 nitrogen and oxygen atoms in total. The van der Waals surface area contributed by atoms with E-state index in [-0.39, 0.29) is 22.9 Å². The molecule has 25 heavy (non-hydrogen) atoms. The number of esters is 1. The maximum Gasteiger partial charge on any atom is 0.329 e. The second-order valence-corrected chi connectivity index (χ2v) is 9.29. The van der Waals surface area contributed by atoms with E-state index < -0.39 is 12.1 Å². The topological polar surface area (TPSA) is 66.9 Å². The van der Waals surface area contributed by atoms with Crippen LogP contribution in [0.15, 0.2) is 0 Å². The van der Waals surface area contributed by atoms with Crippen LogP contribution >= 0.6 is 11.8 Å². The molecule has 2 saturated heterocycles. The average molecular weight is 368 g/mol. The van der Waals surface area contributed by atoms with Gasteiger partial charge in [0, 0.05) is 12.3 Å². The normalized spacial score (nSPS) is 29.7. The Kier molecular flexibility index (Phi) is 5.61. The van der Waals surface area contributed by atoms with E-state index in [1.807, 2.05) is 13.8 Å². The van der Waals surface area contributed by atoms with Gasteiger partial charge in [0.25, 0.3) is 0 Å². The van der Waals surface area contributed by atoms with Gasteiger partial charge in [-0.2, -0.15) is 0 Å². The first kappa shape index (κ1) is 18.5. The van der Waals surface area contributed by atoms with Gasteiger partial charge in [-0.3, -0.25) is 9.59 Å². The van der Waals surface area contributed by atoms with Crippen molar-refractivity contribution in [2.45, 2.75) is 81.9 Å². The van der Waals surface area contributed by atoms with Crippen LogP contribution in [0.5, 0.6) is 0 Å². The Bertz CT molecular complexity index is 533. The molecule has 1 saturated carbocycles. The monoisotopic (exact) mass is 368 g/mol. The molecule has 0 spiro atoms. The van der Waals surface area contributed by atoms with E-state index in [1.54, 1.807) is 21.6 Å². The molecule has 2 atom stereocenters. The van der Waals surface area contributed by atoms with Crippen molar-refractivity contribution in [3.05, 3.63) is 0 Å². The van der Waals surface area contributed by atoms with Gasteiger partial charge < -0.3 is 14.5 Å². The van der Waals surface area contributed by atoms with Crippen LogP contribution in [0.2, 0.25) is 0 Å². The van der Waals surface area contributed by atoms with Crippen LogP contribution in [-0.4, -0.2) is 63.4 Å². The Hall–Kier alpha value is -1.24. The number of ether oxygens (including phenoxy) is 1. The summed E-state index contributed by atoms with van der Waals surface area (Å²) in [6.07, 6.45) is 7.50. The lowest BCUT2D eigenvalue weighted by Crippen LogP contribution is -2.53. The number of hydrogen-bond acceptors (Lipinski definition) is 5. The minimum atomic E-state index is -0.489. The Labute approximate surface area is 153 Å². The highest BCUT2D eigenvalue weighted by Crippen LogP contribution is 2.39. The molecule has 3 fully saturated rings. The third-order valence-electron chi connectivity index (χ3n) is 5.59. The van der Waals surface area contributed by atoms with Crippen molar-refractivity contribution < 1.29 is 19.1 Å². The summed E-state index contributed by atoms with van der Waals surface area (Å²) in [6, 6.07) is -0.975. The summed E-state index contributed by atoms with van der Waals surface area (Å²) in [5.74, 6) is 0.194. The number of amides is 2. The average Bonchev–Trinajstić information content (AvgIpc) is 3.19. The van der Waals surface area contributed by atoms with E-state index in [4.69, 9.17) is 4.74 Å². The quantitative estimate of drug-likeness (QED) is 0.562. The predicted octanol–water partition coefficient (Wildman–Crippen LogP) is 2.16. The first-order valence-electron chi connectivity index (χ1n) is 9.32. The van der Waals surface area contributed by atoms with Crippen molar-refractivity contribution in [2.24, 2.45) is 0 Å². The first-order chi connectivity index (χ1) is 11.9. The molecule has 0 unspecified atom stereocenters. The van der Waals surface area contributed by atoms with Crippen molar-refractivity contribution in [3.8, 4) is 0 Å². The second kappa shape index (κ2) is 7.56. The first-order valence-corrected chi connectivity index (χ1v) is 10.3. The van der Waals surface area contributed by atoms with E-state index >= 15 is 0 Å². The molecule has 0 aromatic heterocycles. The molecule has 0 aromatic carbocycles. The summed E-state index contributed by atoms with van der Waals surface area (Å²) < 4.78 is 5.69. The van der Waals surface area contributed by atoms with E-state index in [9.17, 15) is 14.4 Å². The number of rotatable bonds is 4. The van der Waals surface area contributed by atoms with Gasteiger partial charge in [0.15, 0.2) is 0 Å². The highest BCUT2D eigenvalue weighted by atomic mass is 32.2. The maximum absolute atomic E-state index is 13.0. The van der Waals surface area contributed by atoms with Crippen LogP contribution in [0, 0.1) is 0 Å². The van der Waals surface area contributed by atoms with Crippen LogP contribution in [0.3, 0.4) is 0 Å². The van der Waals surface area contributed by atoms with E-state index in [0.717, 1.165) is 38.5 Å². The molecule has 2 amide bonds. The standard InChI is InChI=1S/C18H28N2O4S/c1-18(2)20(12-21)15(11-25-18)16(22)19-10-6-9-14(19)17(23)24-13-7-4-3-5-8-13/h12-15H,3-11H2,1-2H3/t14-,15+/m1/s1. The van der Waals surface area contributed by atoms with E-state index in [2.05, 4.69) is 0 Å². The smallest absolute Gasteiger partial charge is 0.329 e. The highest BCUT2D eigenvalue weighted by molar-refractivity contribution is 8.00. The van der Waals surface area contributed by atoms with Crippen LogP contribution in [0.1, 0.15) is 58.8 Å². The Morgan fingerprint density at radius 1 is 1.08 bits per heavy atom. The predicted molar refractivity (Wildman–Crippen MR) is 95.9 cm³/mol. The summed E-state index contributed by atoms with van der Waals surface area (Å²) in [7, 11) is 0. The lowest BCUT2D eigenvalue weighted by atomic mass is 9.98. The van der Waals surface area contributed by atoms with Crippen LogP contribution in [0.4, 0.5) is 0 Å². The zero-order valence-electron chi connectivity index (χ0n) is 15.1. The third kappa shape index (κ3) is 3.81. The van der Waals surface area contributed by atoms with Gasteiger partial charge in [-0.05, 0) is 52.4 Å². The summed E-state index contributed by atoms with van der Waals surface area (Å²) in [6.45, 7) is 4.45. The van der Waals surface area contributed by atoms with Gasteiger partial charge in [0.05, 0.1) is 4.87 Å². The Morgan fingerprint density at radius 2 is 1.80 bits per heavy atom. The molecule has 2 heterocycles. The zero-order valence-corrected chi connectivity index (χ0v) is 15.9. The maximum atomic E-state index is 13.0. The van der Waals surface area contributed by atoms with E-state index in [1.165, 1.54) is 6.42 Å². The van der Waals surface area contributed by atoms with E-state index in [0.29, 0.717) is 18.7 Å². The van der Waals surface area contributed by atoms with Crippen molar-refractivity contribution in [2.75, 3.05) is 12.3 Å². The highest BCUT2D eigenvalue weighted by Gasteiger charge is 2.47. The summed E-state index contributed by atoms with van der Waals surface area (Å²) in [5, 5.41) is 0. The fraction of sp³-hybridized carbons (Fsp3) is 0.833. The van der Waals surface area contributed by atoms with Crippen molar-refractivity contribution >= 4 is 30.0 Å². The second-order valence-electron chi connectivity index (χ2n) is 7.67. The molecule has 3 rings (SSSR count). The van der Waals surface area contributed by atoms with Crippen LogP contribution < -0.4 is 0 Å². The molecule has 0 bridgehead atoms. The minimum absolute atomic E-state index is 0.00578. The molecule has 0 radical (unpaired) electrons. The van der Waals surface area contributed by atoms with Gasteiger partial charge in [-0.1, -0.05) is 6.42 Å². The van der Waals surface area contributed by atoms with Crippen molar-refractivity contribution in [3.63, 3.8) is 0 Å². The summed E-state index contributed by atoms with van der Waals surface area (Å²) in [5.41, 5.74) is 0. The van der Waals surface area contributed by atoms with Crippen molar-refractivity contribution in [1.82, 2.24) is 9.80 Å². The van der Waals surface area contributed by atoms with Crippen molar-refractivity contribution in [1.29, 1.82) is 0 Å². The molecular weight excluding hydrogens is 340 g/mol. The fourth-order valence-electron chi connectivity index (χ4n) is 4.10. The van der Waals surface area contributed by atoms with Gasteiger partial charge in [-0.25, -0.2) is 4.79 Å². The number of hydrogen-bond donors (Lipinski definition) is 0. The minimum Gasteiger partial charge on any atom is -0.461 e. The fourth-order valence-corrected chi connectivity index (χ4v) is 5.28. The molecule has 2 aliphatic heterocycles. The molecule has 3 aliphatic rings. The Morgan fingerprint density at radius 3 is 2.48 bits per heavy atom.